The van der Waals surface area contributed by atoms with Crippen LogP contribution in [0.1, 0.15) is 61.8 Å². The monoisotopic (exact) mass is 464 g/mol. The van der Waals surface area contributed by atoms with Crippen molar-refractivity contribution in [1.29, 1.82) is 0 Å². The Kier molecular flexibility index (Phi) is 7.37. The van der Waals surface area contributed by atoms with Gasteiger partial charge in [0.2, 0.25) is 0 Å². The molecule has 32 heavy (non-hydrogen) atoms. The summed E-state index contributed by atoms with van der Waals surface area (Å²) in [6.07, 6.45) is -0.894. The van der Waals surface area contributed by atoms with Gasteiger partial charge in [-0.15, -0.1) is 0 Å². The van der Waals surface area contributed by atoms with Crippen LogP contribution in [0, 0.1) is 41.9 Å². The molecule has 0 aliphatic carbocycles. The maximum Gasteiger partial charge on any atom is 0.432 e. The van der Waals surface area contributed by atoms with Gasteiger partial charge in [0.1, 0.15) is 22.9 Å². The summed E-state index contributed by atoms with van der Waals surface area (Å²) in [4.78, 5) is 0. The van der Waals surface area contributed by atoms with Crippen LogP contribution in [0.15, 0.2) is 18.2 Å². The predicted molar refractivity (Wildman–Crippen MR) is 103 cm³/mol. The number of hydrogen-bond donors (Lipinski definition) is 0. The normalized spacial score (nSPS) is 19.3. The third-order valence-electron chi connectivity index (χ3n) is 5.66. The quantitative estimate of drug-likeness (QED) is 0.313. The summed E-state index contributed by atoms with van der Waals surface area (Å²) < 4.78 is 109. The zero-order valence-electron chi connectivity index (χ0n) is 17.6. The molecule has 0 aromatic heterocycles. The zero-order valence-corrected chi connectivity index (χ0v) is 17.6. The third-order valence-corrected chi connectivity index (χ3v) is 5.66. The molecule has 0 radical (unpaired) electrons. The van der Waals surface area contributed by atoms with Gasteiger partial charge in [0.15, 0.2) is 17.5 Å². The van der Waals surface area contributed by atoms with E-state index in [-0.39, 0.29) is 11.6 Å². The number of unbranched alkanes of at least 4 members (excludes halogenated alkanes) is 1. The van der Waals surface area contributed by atoms with Crippen LogP contribution in [0.4, 0.5) is 30.7 Å². The molecule has 2 aromatic carbocycles. The minimum absolute atomic E-state index is 0.0727. The van der Waals surface area contributed by atoms with Crippen LogP contribution in [0.5, 0.6) is 5.75 Å². The van der Waals surface area contributed by atoms with Crippen molar-refractivity contribution < 1.29 is 40.2 Å². The van der Waals surface area contributed by atoms with Crippen LogP contribution in [0.25, 0.3) is 0 Å². The van der Waals surface area contributed by atoms with Gasteiger partial charge in [0.25, 0.3) is 0 Å². The average Bonchev–Trinajstić information content (AvgIpc) is 2.74. The van der Waals surface area contributed by atoms with Crippen LogP contribution in [-0.4, -0.2) is 6.61 Å². The molecular weight excluding hydrogens is 441 g/mol. The van der Waals surface area contributed by atoms with Gasteiger partial charge < -0.3 is 9.47 Å². The van der Waals surface area contributed by atoms with E-state index in [1.807, 2.05) is 0 Å². The zero-order chi connectivity index (χ0) is 23.6. The highest BCUT2D eigenvalue weighted by molar-refractivity contribution is 5.37. The maximum absolute atomic E-state index is 14.6. The molecule has 2 nitrogen and oxygen atoms in total. The molecular formula is C23H23F7O2. The van der Waals surface area contributed by atoms with Crippen LogP contribution in [-0.2, 0) is 10.8 Å². The van der Waals surface area contributed by atoms with Crippen molar-refractivity contribution in [3.8, 4) is 5.75 Å². The molecule has 2 unspecified atom stereocenters. The number of halogens is 7. The van der Waals surface area contributed by atoms with E-state index in [1.165, 1.54) is 0 Å². The average molecular weight is 464 g/mol. The molecule has 176 valence electrons. The predicted octanol–water partition coefficient (Wildman–Crippen LogP) is 7.48. The number of ether oxygens (including phenoxy) is 2. The van der Waals surface area contributed by atoms with Crippen molar-refractivity contribution in [1.82, 2.24) is 0 Å². The van der Waals surface area contributed by atoms with Crippen molar-refractivity contribution in [2.45, 2.75) is 58.2 Å². The second-order valence-electron chi connectivity index (χ2n) is 8.00. The van der Waals surface area contributed by atoms with E-state index in [1.54, 1.807) is 0 Å². The lowest BCUT2D eigenvalue weighted by molar-refractivity contribution is -0.190. The van der Waals surface area contributed by atoms with E-state index in [2.05, 4.69) is 11.7 Å². The largest absolute Gasteiger partial charge is 0.432 e. The topological polar surface area (TPSA) is 18.5 Å². The Morgan fingerprint density at radius 1 is 0.969 bits per heavy atom. The molecule has 1 aliphatic rings. The minimum Gasteiger partial charge on any atom is -0.428 e. The first-order valence-electron chi connectivity index (χ1n) is 10.4. The Balaban J connectivity index is 1.82. The fourth-order valence-electron chi connectivity index (χ4n) is 3.81. The van der Waals surface area contributed by atoms with E-state index in [9.17, 15) is 30.7 Å². The molecule has 1 fully saturated rings. The standard InChI is InChI=1S/C23H23F7O2/c1-3-4-5-13-6-7-18(31-11-13)14-8-15(24)20(16(25)9-14)23(29,30)32-19-10-17(26)22(28)21(27)12(19)2/h8-10,13,18H,3-7,11H2,1-2H3. The maximum atomic E-state index is 14.6. The highest BCUT2D eigenvalue weighted by atomic mass is 19.3. The summed E-state index contributed by atoms with van der Waals surface area (Å²) in [5.74, 6) is -9.31. The van der Waals surface area contributed by atoms with Gasteiger partial charge in [-0.2, -0.15) is 8.78 Å². The van der Waals surface area contributed by atoms with E-state index < -0.39 is 58.2 Å². The molecule has 0 spiro atoms. The number of hydrogen-bond acceptors (Lipinski definition) is 2. The van der Waals surface area contributed by atoms with Crippen molar-refractivity contribution >= 4 is 0 Å². The van der Waals surface area contributed by atoms with Gasteiger partial charge in [0.05, 0.1) is 12.7 Å². The van der Waals surface area contributed by atoms with Crippen LogP contribution >= 0.6 is 0 Å². The van der Waals surface area contributed by atoms with Crippen molar-refractivity contribution in [3.05, 3.63) is 64.0 Å². The number of alkyl halides is 2. The third kappa shape index (κ3) is 5.03. The molecule has 1 aliphatic heterocycles. The molecule has 3 rings (SSSR count). The number of benzene rings is 2. The summed E-state index contributed by atoms with van der Waals surface area (Å²) >= 11 is 0. The van der Waals surface area contributed by atoms with Gasteiger partial charge in [-0.1, -0.05) is 19.8 Å². The fraction of sp³-hybridized carbons (Fsp3) is 0.478. The van der Waals surface area contributed by atoms with Crippen molar-refractivity contribution in [3.63, 3.8) is 0 Å². The number of rotatable bonds is 7. The van der Waals surface area contributed by atoms with Gasteiger partial charge in [-0.3, -0.25) is 0 Å². The first kappa shape index (κ1) is 24.4. The lowest BCUT2D eigenvalue weighted by atomic mass is 9.91. The highest BCUT2D eigenvalue weighted by Gasteiger charge is 2.42. The van der Waals surface area contributed by atoms with Gasteiger partial charge in [0, 0.05) is 11.6 Å². The Morgan fingerprint density at radius 3 is 2.19 bits per heavy atom. The molecule has 1 heterocycles. The SMILES string of the molecule is CCCCC1CCC(c2cc(F)c(C(F)(F)Oc3cc(F)c(F)c(F)c3C)c(F)c2)OC1. The van der Waals surface area contributed by atoms with Crippen molar-refractivity contribution in [2.24, 2.45) is 5.92 Å². The smallest absolute Gasteiger partial charge is 0.428 e. The van der Waals surface area contributed by atoms with E-state index in [4.69, 9.17) is 4.74 Å². The first-order chi connectivity index (χ1) is 15.0. The van der Waals surface area contributed by atoms with Crippen molar-refractivity contribution in [2.75, 3.05) is 6.61 Å². The van der Waals surface area contributed by atoms with Gasteiger partial charge in [-0.25, -0.2) is 22.0 Å². The van der Waals surface area contributed by atoms with Gasteiger partial charge >= 0.3 is 6.11 Å². The molecule has 2 aromatic rings. The molecule has 2 atom stereocenters. The summed E-state index contributed by atoms with van der Waals surface area (Å²) in [5, 5.41) is 0. The molecule has 9 heteroatoms. The molecule has 0 bridgehead atoms. The summed E-state index contributed by atoms with van der Waals surface area (Å²) in [6, 6.07) is 1.67. The molecule has 0 amide bonds. The molecule has 0 N–H and O–H groups in total. The molecule has 0 saturated carbocycles. The van der Waals surface area contributed by atoms with E-state index >= 15 is 0 Å². The highest BCUT2D eigenvalue weighted by Crippen LogP contribution is 2.40. The Morgan fingerprint density at radius 2 is 1.62 bits per heavy atom. The van der Waals surface area contributed by atoms with E-state index in [0.717, 1.165) is 44.7 Å². The van der Waals surface area contributed by atoms with Crippen LogP contribution in [0.3, 0.4) is 0 Å². The second-order valence-corrected chi connectivity index (χ2v) is 8.00. The Hall–Kier alpha value is -2.29. The van der Waals surface area contributed by atoms with Crippen LogP contribution < -0.4 is 4.74 Å². The van der Waals surface area contributed by atoms with Crippen LogP contribution in [0.2, 0.25) is 0 Å². The van der Waals surface area contributed by atoms with E-state index in [0.29, 0.717) is 18.9 Å². The fourth-order valence-corrected chi connectivity index (χ4v) is 3.81. The second kappa shape index (κ2) is 9.68. The lowest BCUT2D eigenvalue weighted by Gasteiger charge is -2.30. The Labute approximate surface area is 181 Å². The van der Waals surface area contributed by atoms with Gasteiger partial charge in [-0.05, 0) is 49.8 Å². The molecule has 1 saturated heterocycles. The summed E-state index contributed by atoms with van der Waals surface area (Å²) in [5.41, 5.74) is -2.42. The Bertz CT molecular complexity index is 946. The lowest BCUT2D eigenvalue weighted by Crippen LogP contribution is -2.27. The summed E-state index contributed by atoms with van der Waals surface area (Å²) in [6.45, 7) is 3.35. The first-order valence-corrected chi connectivity index (χ1v) is 10.4. The summed E-state index contributed by atoms with van der Waals surface area (Å²) in [7, 11) is 0. The minimum atomic E-state index is -4.62.